The summed E-state index contributed by atoms with van der Waals surface area (Å²) in [6.45, 7) is 7.93. The summed E-state index contributed by atoms with van der Waals surface area (Å²) in [5.74, 6) is -0.112. The zero-order chi connectivity index (χ0) is 18.0. The molecule has 0 fully saturated rings. The Kier molecular flexibility index (Phi) is 5.45. The van der Waals surface area contributed by atoms with Crippen molar-refractivity contribution in [2.45, 2.75) is 42.8 Å². The first-order valence-electron chi connectivity index (χ1n) is 8.01. The molecule has 3 nitrogen and oxygen atoms in total. The molecule has 0 bridgehead atoms. The van der Waals surface area contributed by atoms with Crippen molar-refractivity contribution in [3.05, 3.63) is 65.7 Å². The standard InChI is InChI=1S/C19H24O3SSi/c1-15-10-12-17(13-11-15)23(21,22)19(24(2,3)4)14-18(20)16-8-6-5-7-9-16/h5-13,19H,14H2,1-4H3. The average molecular weight is 361 g/mol. The predicted octanol–water partition coefficient (Wildman–Crippen LogP) is 4.29. The third kappa shape index (κ3) is 4.22. The van der Waals surface area contributed by atoms with Crippen LogP contribution in [0.1, 0.15) is 22.3 Å². The van der Waals surface area contributed by atoms with Crippen molar-refractivity contribution in [2.75, 3.05) is 0 Å². The average Bonchev–Trinajstić information content (AvgIpc) is 2.52. The Labute approximate surface area is 145 Å². The van der Waals surface area contributed by atoms with E-state index in [9.17, 15) is 13.2 Å². The minimum Gasteiger partial charge on any atom is -0.294 e. The quantitative estimate of drug-likeness (QED) is 0.570. The summed E-state index contributed by atoms with van der Waals surface area (Å²) in [4.78, 5) is 12.3. The van der Waals surface area contributed by atoms with Crippen molar-refractivity contribution in [3.8, 4) is 0 Å². The molecule has 5 heteroatoms. The maximum Gasteiger partial charge on any atom is 0.179 e. The molecule has 1 atom stereocenters. The van der Waals surface area contributed by atoms with Gasteiger partial charge in [0.2, 0.25) is 0 Å². The van der Waals surface area contributed by atoms with Crippen LogP contribution < -0.4 is 0 Å². The second kappa shape index (κ2) is 7.03. The monoisotopic (exact) mass is 360 g/mol. The van der Waals surface area contributed by atoms with Crippen LogP contribution in [0.15, 0.2) is 59.5 Å². The maximum absolute atomic E-state index is 13.1. The molecule has 0 spiro atoms. The topological polar surface area (TPSA) is 51.2 Å². The molecule has 0 radical (unpaired) electrons. The van der Waals surface area contributed by atoms with Crippen LogP contribution in [0.4, 0.5) is 0 Å². The minimum atomic E-state index is -3.54. The maximum atomic E-state index is 13.1. The normalized spacial score (nSPS) is 13.5. The van der Waals surface area contributed by atoms with E-state index in [4.69, 9.17) is 0 Å². The van der Waals surface area contributed by atoms with Gasteiger partial charge >= 0.3 is 0 Å². The van der Waals surface area contributed by atoms with Crippen molar-refractivity contribution >= 4 is 23.7 Å². The van der Waals surface area contributed by atoms with Gasteiger partial charge in [0.15, 0.2) is 15.6 Å². The van der Waals surface area contributed by atoms with Crippen LogP contribution in [0.3, 0.4) is 0 Å². The first-order valence-corrected chi connectivity index (χ1v) is 13.1. The molecular formula is C19H24O3SSi. The van der Waals surface area contributed by atoms with E-state index in [0.717, 1.165) is 5.56 Å². The van der Waals surface area contributed by atoms with Crippen molar-refractivity contribution in [1.29, 1.82) is 0 Å². The fraction of sp³-hybridized carbons (Fsp3) is 0.316. The summed E-state index contributed by atoms with van der Waals surface area (Å²) in [5.41, 5.74) is 1.58. The largest absolute Gasteiger partial charge is 0.294 e. The lowest BCUT2D eigenvalue weighted by atomic mass is 10.1. The Morgan fingerprint density at radius 2 is 1.50 bits per heavy atom. The van der Waals surface area contributed by atoms with Gasteiger partial charge in [-0.3, -0.25) is 4.79 Å². The summed E-state index contributed by atoms with van der Waals surface area (Å²) in [5, 5.41) is 0. The fourth-order valence-electron chi connectivity index (χ4n) is 2.68. The van der Waals surface area contributed by atoms with Gasteiger partial charge < -0.3 is 0 Å². The molecule has 0 N–H and O–H groups in total. The summed E-state index contributed by atoms with van der Waals surface area (Å²) >= 11 is 0. The zero-order valence-electron chi connectivity index (χ0n) is 14.6. The molecule has 0 saturated carbocycles. The van der Waals surface area contributed by atoms with Gasteiger partial charge in [-0.25, -0.2) is 8.42 Å². The number of benzene rings is 2. The fourth-order valence-corrected chi connectivity index (χ4v) is 8.83. The minimum absolute atomic E-state index is 0.0376. The van der Waals surface area contributed by atoms with E-state index in [0.29, 0.717) is 10.5 Å². The Hall–Kier alpha value is -1.72. The molecule has 1 unspecified atom stereocenters. The predicted molar refractivity (Wildman–Crippen MR) is 101 cm³/mol. The number of carbonyl (C=O) groups is 1. The molecule has 0 aliphatic heterocycles. The van der Waals surface area contributed by atoms with Gasteiger partial charge in [-0.15, -0.1) is 0 Å². The van der Waals surface area contributed by atoms with Gasteiger partial charge in [0.1, 0.15) is 0 Å². The number of hydrogen-bond donors (Lipinski definition) is 0. The highest BCUT2D eigenvalue weighted by atomic mass is 32.2. The molecule has 24 heavy (non-hydrogen) atoms. The molecule has 0 saturated heterocycles. The Balaban J connectivity index is 2.39. The highest BCUT2D eigenvalue weighted by Crippen LogP contribution is 2.27. The molecule has 128 valence electrons. The van der Waals surface area contributed by atoms with E-state index in [1.165, 1.54) is 0 Å². The van der Waals surface area contributed by atoms with Gasteiger partial charge in [-0.05, 0) is 19.1 Å². The Morgan fingerprint density at radius 3 is 2.00 bits per heavy atom. The van der Waals surface area contributed by atoms with Crippen molar-refractivity contribution < 1.29 is 13.2 Å². The van der Waals surface area contributed by atoms with E-state index in [1.807, 2.05) is 32.6 Å². The number of hydrogen-bond acceptors (Lipinski definition) is 3. The number of rotatable bonds is 6. The molecule has 0 aliphatic rings. The Morgan fingerprint density at radius 1 is 0.958 bits per heavy atom. The smallest absolute Gasteiger partial charge is 0.179 e. The molecule has 2 rings (SSSR count). The van der Waals surface area contributed by atoms with E-state index in [1.54, 1.807) is 48.5 Å². The summed E-state index contributed by atoms with van der Waals surface area (Å²) in [6, 6.07) is 15.8. The third-order valence-corrected chi connectivity index (χ3v) is 11.2. The van der Waals surface area contributed by atoms with Crippen molar-refractivity contribution in [3.63, 3.8) is 0 Å². The molecule has 0 heterocycles. The molecule has 0 aliphatic carbocycles. The SMILES string of the molecule is Cc1ccc(S(=O)(=O)C(CC(=O)c2ccccc2)[Si](C)(C)C)cc1. The van der Waals surface area contributed by atoms with E-state index >= 15 is 0 Å². The van der Waals surface area contributed by atoms with Crippen LogP contribution in [-0.4, -0.2) is 27.1 Å². The Bertz CT molecular complexity index is 804. The van der Waals surface area contributed by atoms with Crippen LogP contribution >= 0.6 is 0 Å². The summed E-state index contributed by atoms with van der Waals surface area (Å²) in [6.07, 6.45) is 0.0376. The van der Waals surface area contributed by atoms with Crippen LogP contribution in [0.25, 0.3) is 0 Å². The third-order valence-electron chi connectivity index (χ3n) is 4.16. The first-order chi connectivity index (χ1) is 11.1. The number of sulfone groups is 1. The van der Waals surface area contributed by atoms with Gasteiger partial charge in [0, 0.05) is 12.0 Å². The second-order valence-electron chi connectivity index (χ2n) is 7.21. The lowest BCUT2D eigenvalue weighted by Crippen LogP contribution is -2.45. The summed E-state index contributed by atoms with van der Waals surface area (Å²) < 4.78 is 26.3. The highest BCUT2D eigenvalue weighted by Gasteiger charge is 2.40. The number of ketones is 1. The molecule has 0 amide bonds. The van der Waals surface area contributed by atoms with Gasteiger partial charge in [0.05, 0.1) is 17.8 Å². The van der Waals surface area contributed by atoms with Crippen LogP contribution in [0, 0.1) is 6.92 Å². The lowest BCUT2D eigenvalue weighted by Gasteiger charge is -2.28. The molecule has 2 aromatic carbocycles. The van der Waals surface area contributed by atoms with Gasteiger partial charge in [0.25, 0.3) is 0 Å². The molecule has 0 aromatic heterocycles. The summed E-state index contributed by atoms with van der Waals surface area (Å²) in [7, 11) is -5.66. The number of Topliss-reactive ketones (excluding diaryl/α,β-unsaturated/α-hetero) is 1. The zero-order valence-corrected chi connectivity index (χ0v) is 16.4. The van der Waals surface area contributed by atoms with E-state index in [2.05, 4.69) is 0 Å². The van der Waals surface area contributed by atoms with E-state index in [-0.39, 0.29) is 12.2 Å². The number of aryl methyl sites for hydroxylation is 1. The van der Waals surface area contributed by atoms with Crippen molar-refractivity contribution in [1.82, 2.24) is 0 Å². The molecular weight excluding hydrogens is 336 g/mol. The van der Waals surface area contributed by atoms with Gasteiger partial charge in [-0.1, -0.05) is 67.7 Å². The molecule has 2 aromatic rings. The van der Waals surface area contributed by atoms with Crippen molar-refractivity contribution in [2.24, 2.45) is 0 Å². The lowest BCUT2D eigenvalue weighted by molar-refractivity contribution is 0.0985. The van der Waals surface area contributed by atoms with Crippen LogP contribution in [0.5, 0.6) is 0 Å². The second-order valence-corrected chi connectivity index (χ2v) is 15.2. The van der Waals surface area contributed by atoms with Crippen LogP contribution in [0.2, 0.25) is 19.6 Å². The van der Waals surface area contributed by atoms with E-state index < -0.39 is 22.8 Å². The van der Waals surface area contributed by atoms with Gasteiger partial charge in [-0.2, -0.15) is 0 Å². The van der Waals surface area contributed by atoms with Crippen LogP contribution in [-0.2, 0) is 9.84 Å². The highest BCUT2D eigenvalue weighted by molar-refractivity contribution is 7.94. The first kappa shape index (κ1) is 18.6. The number of carbonyl (C=O) groups excluding carboxylic acids is 1.